The van der Waals surface area contributed by atoms with Gasteiger partial charge in [-0.1, -0.05) is 49.7 Å². The van der Waals surface area contributed by atoms with Crippen LogP contribution in [-0.4, -0.2) is 53.3 Å². The van der Waals surface area contributed by atoms with Gasteiger partial charge in [-0.15, -0.1) is 0 Å². The number of hydrogen-bond acceptors (Lipinski definition) is 3. The van der Waals surface area contributed by atoms with Gasteiger partial charge in [0.15, 0.2) is 0 Å². The van der Waals surface area contributed by atoms with Crippen molar-refractivity contribution in [1.82, 2.24) is 15.1 Å². The molecule has 0 aromatic heterocycles. The third kappa shape index (κ3) is 8.04. The Balaban J connectivity index is 1.65. The second kappa shape index (κ2) is 12.5. The quantitative estimate of drug-likeness (QED) is 0.511. The van der Waals surface area contributed by atoms with Crippen LogP contribution >= 0.6 is 11.6 Å². The summed E-state index contributed by atoms with van der Waals surface area (Å²) >= 11 is 6.08. The highest BCUT2D eigenvalue weighted by atomic mass is 35.5. The van der Waals surface area contributed by atoms with Crippen LogP contribution in [0.25, 0.3) is 0 Å². The molecule has 0 bridgehead atoms. The van der Waals surface area contributed by atoms with Crippen molar-refractivity contribution in [2.45, 2.75) is 65.1 Å². The van der Waals surface area contributed by atoms with E-state index >= 15 is 0 Å². The summed E-state index contributed by atoms with van der Waals surface area (Å²) in [5.41, 5.74) is 2.05. The van der Waals surface area contributed by atoms with Gasteiger partial charge < -0.3 is 10.2 Å². The van der Waals surface area contributed by atoms with Crippen molar-refractivity contribution in [3.63, 3.8) is 0 Å². The van der Waals surface area contributed by atoms with Crippen LogP contribution in [0.15, 0.2) is 48.5 Å². The van der Waals surface area contributed by atoms with Crippen LogP contribution in [0.4, 0.5) is 4.39 Å². The number of amides is 2. The molecular weight excluding hydrogens is 465 g/mol. The van der Waals surface area contributed by atoms with E-state index in [2.05, 4.69) is 24.1 Å². The largest absolute Gasteiger partial charge is 0.355 e. The fraction of sp³-hybridized carbons (Fsp3) is 0.500. The average Bonchev–Trinajstić information content (AvgIpc) is 2.80. The second-order valence-corrected chi connectivity index (χ2v) is 10.6. The minimum atomic E-state index is -0.235. The Bertz CT molecular complexity index is 981. The van der Waals surface area contributed by atoms with Crippen molar-refractivity contribution < 1.29 is 14.0 Å². The molecule has 0 radical (unpaired) electrons. The Hall–Kier alpha value is -2.44. The van der Waals surface area contributed by atoms with Gasteiger partial charge in [-0.3, -0.25) is 14.5 Å². The predicted octanol–water partition coefficient (Wildman–Crippen LogP) is 5.24. The van der Waals surface area contributed by atoms with Crippen molar-refractivity contribution >= 4 is 23.4 Å². The maximum Gasteiger partial charge on any atom is 0.223 e. The Morgan fingerprint density at radius 3 is 2.29 bits per heavy atom. The molecule has 2 aromatic carbocycles. The molecule has 0 aliphatic carbocycles. The summed E-state index contributed by atoms with van der Waals surface area (Å²) in [7, 11) is 0. The van der Waals surface area contributed by atoms with Crippen molar-refractivity contribution in [3.8, 4) is 0 Å². The summed E-state index contributed by atoms with van der Waals surface area (Å²) in [6, 6.07) is 14.3. The van der Waals surface area contributed by atoms with Crippen molar-refractivity contribution in [3.05, 3.63) is 70.5 Å². The lowest BCUT2D eigenvalue weighted by Crippen LogP contribution is -2.57. The second-order valence-electron chi connectivity index (χ2n) is 10.2. The number of benzene rings is 2. The zero-order valence-corrected chi connectivity index (χ0v) is 21.9. The van der Waals surface area contributed by atoms with E-state index in [1.54, 1.807) is 0 Å². The van der Waals surface area contributed by atoms with E-state index in [1.807, 2.05) is 55.1 Å². The molecule has 3 rings (SSSR count). The third-order valence-corrected chi connectivity index (χ3v) is 6.89. The Kier molecular flexibility index (Phi) is 9.70. The molecule has 1 unspecified atom stereocenters. The van der Waals surface area contributed by atoms with Crippen LogP contribution in [-0.2, 0) is 16.1 Å². The number of rotatable bonds is 9. The summed E-state index contributed by atoms with van der Waals surface area (Å²) in [5.74, 6) is 0.00246. The average molecular weight is 502 g/mol. The number of nitrogens with zero attached hydrogens (tertiary/aromatic N) is 2. The van der Waals surface area contributed by atoms with Crippen LogP contribution in [0.2, 0.25) is 5.02 Å². The minimum absolute atomic E-state index is 0.00260. The fourth-order valence-corrected chi connectivity index (χ4v) is 4.77. The molecule has 1 aliphatic rings. The maximum absolute atomic E-state index is 13.5. The van der Waals surface area contributed by atoms with Crippen molar-refractivity contribution in [2.75, 3.05) is 19.6 Å². The Morgan fingerprint density at radius 1 is 1.00 bits per heavy atom. The monoisotopic (exact) mass is 501 g/mol. The highest BCUT2D eigenvalue weighted by Gasteiger charge is 2.33. The smallest absolute Gasteiger partial charge is 0.223 e. The topological polar surface area (TPSA) is 52.7 Å². The molecule has 1 saturated heterocycles. The third-order valence-electron chi connectivity index (χ3n) is 6.64. The van der Waals surface area contributed by atoms with Gasteiger partial charge in [0.1, 0.15) is 5.82 Å². The molecule has 7 heteroatoms. The number of hydrogen-bond donors (Lipinski definition) is 1. The molecule has 1 heterocycles. The van der Waals surface area contributed by atoms with Gasteiger partial charge in [-0.2, -0.15) is 0 Å². The van der Waals surface area contributed by atoms with E-state index in [1.165, 1.54) is 12.1 Å². The molecule has 1 fully saturated rings. The van der Waals surface area contributed by atoms with E-state index in [9.17, 15) is 14.0 Å². The summed E-state index contributed by atoms with van der Waals surface area (Å²) < 4.78 is 13.3. The number of carbonyl (C=O) groups is 2. The van der Waals surface area contributed by atoms with Gasteiger partial charge in [-0.05, 0) is 55.2 Å². The SMILES string of the molecule is CC(C)CC(=O)NCC(CC(=O)N1C[C@@H](C)N(Cc2ccc(F)cc2)C[C@@H]1C)c1ccc(Cl)cc1. The predicted molar refractivity (Wildman–Crippen MR) is 139 cm³/mol. The number of carbonyl (C=O) groups excluding carboxylic acids is 2. The molecule has 5 nitrogen and oxygen atoms in total. The van der Waals surface area contributed by atoms with Crippen LogP contribution in [0.3, 0.4) is 0 Å². The van der Waals surface area contributed by atoms with Crippen LogP contribution in [0.5, 0.6) is 0 Å². The first-order chi connectivity index (χ1) is 16.6. The molecule has 190 valence electrons. The molecule has 2 aromatic rings. The van der Waals surface area contributed by atoms with Gasteiger partial charge in [0.2, 0.25) is 11.8 Å². The van der Waals surface area contributed by atoms with E-state index in [0.29, 0.717) is 31.0 Å². The standard InChI is InChI=1S/C28H37ClFN3O2/c1-19(2)13-27(34)31-15-24(23-7-9-25(29)10-8-23)14-28(35)33-17-20(3)32(16-21(33)4)18-22-5-11-26(30)12-6-22/h5-12,19-21,24H,13-18H2,1-4H3,(H,31,34)/t20-,21+,24?/m1/s1. The molecule has 1 N–H and O–H groups in total. The summed E-state index contributed by atoms with van der Waals surface area (Å²) in [4.78, 5) is 30.0. The molecule has 0 saturated carbocycles. The number of halogens is 2. The summed E-state index contributed by atoms with van der Waals surface area (Å²) in [5, 5.41) is 3.66. The van der Waals surface area contributed by atoms with Gasteiger partial charge >= 0.3 is 0 Å². The molecule has 35 heavy (non-hydrogen) atoms. The summed E-state index contributed by atoms with van der Waals surface area (Å²) in [6.45, 7) is 10.7. The lowest BCUT2D eigenvalue weighted by molar-refractivity contribution is -0.138. The normalized spacial score (nSPS) is 19.6. The van der Waals surface area contributed by atoms with E-state index in [4.69, 9.17) is 11.6 Å². The first kappa shape index (κ1) is 27.2. The molecule has 2 amide bonds. The van der Waals surface area contributed by atoms with Crippen LogP contribution in [0, 0.1) is 11.7 Å². The molecule has 0 spiro atoms. The number of nitrogens with one attached hydrogen (secondary N) is 1. The fourth-order valence-electron chi connectivity index (χ4n) is 4.64. The lowest BCUT2D eigenvalue weighted by Gasteiger charge is -2.44. The van der Waals surface area contributed by atoms with E-state index in [-0.39, 0.29) is 41.6 Å². The first-order valence-electron chi connectivity index (χ1n) is 12.4. The van der Waals surface area contributed by atoms with Gasteiger partial charge in [0.05, 0.1) is 0 Å². The van der Waals surface area contributed by atoms with E-state index in [0.717, 1.165) is 24.2 Å². The van der Waals surface area contributed by atoms with Crippen LogP contribution < -0.4 is 5.32 Å². The van der Waals surface area contributed by atoms with Gasteiger partial charge in [-0.25, -0.2) is 4.39 Å². The minimum Gasteiger partial charge on any atom is -0.355 e. The zero-order chi connectivity index (χ0) is 25.5. The van der Waals surface area contributed by atoms with E-state index < -0.39 is 0 Å². The Labute approximate surface area is 213 Å². The van der Waals surface area contributed by atoms with Gasteiger partial charge in [0.25, 0.3) is 0 Å². The maximum atomic E-state index is 13.5. The van der Waals surface area contributed by atoms with Crippen molar-refractivity contribution in [1.29, 1.82) is 0 Å². The molecule has 1 aliphatic heterocycles. The van der Waals surface area contributed by atoms with Gasteiger partial charge in [0, 0.05) is 62.0 Å². The first-order valence-corrected chi connectivity index (χ1v) is 12.8. The highest BCUT2D eigenvalue weighted by Crippen LogP contribution is 2.25. The lowest BCUT2D eigenvalue weighted by atomic mass is 9.94. The molecular formula is C28H37ClFN3O2. The van der Waals surface area contributed by atoms with Crippen LogP contribution in [0.1, 0.15) is 57.6 Å². The number of piperazine rings is 1. The summed E-state index contributed by atoms with van der Waals surface area (Å²) in [6.07, 6.45) is 0.782. The van der Waals surface area contributed by atoms with Crippen molar-refractivity contribution in [2.24, 2.45) is 5.92 Å². The highest BCUT2D eigenvalue weighted by molar-refractivity contribution is 6.30. The Morgan fingerprint density at radius 2 is 1.66 bits per heavy atom. The molecule has 3 atom stereocenters. The zero-order valence-electron chi connectivity index (χ0n) is 21.1.